The molecule has 1 heterocycles. The highest BCUT2D eigenvalue weighted by molar-refractivity contribution is 9.10. The number of nitrogens with zero attached hydrogens (tertiary/aromatic N) is 3. The molecule has 0 aliphatic heterocycles. The Kier molecular flexibility index (Phi) is 7.18. The molecule has 0 aliphatic rings. The molecule has 114 valence electrons. The Morgan fingerprint density at radius 3 is 2.85 bits per heavy atom. The maximum Gasteiger partial charge on any atom is 0.283 e. The van der Waals surface area contributed by atoms with Crippen molar-refractivity contribution in [3.63, 3.8) is 0 Å². The van der Waals surface area contributed by atoms with Crippen molar-refractivity contribution in [1.82, 2.24) is 14.7 Å². The Bertz CT molecular complexity index is 476. The number of hydrogen-bond acceptors (Lipinski definition) is 5. The average molecular weight is 347 g/mol. The van der Waals surface area contributed by atoms with Gasteiger partial charge in [0.1, 0.15) is 4.47 Å². The minimum Gasteiger partial charge on any atom is -0.384 e. The molecule has 1 N–H and O–H groups in total. The summed E-state index contributed by atoms with van der Waals surface area (Å²) >= 11 is 3.35. The van der Waals surface area contributed by atoms with E-state index in [-0.39, 0.29) is 5.56 Å². The smallest absolute Gasteiger partial charge is 0.283 e. The fourth-order valence-corrected chi connectivity index (χ4v) is 2.12. The van der Waals surface area contributed by atoms with Crippen molar-refractivity contribution in [3.05, 3.63) is 21.0 Å². The van der Waals surface area contributed by atoms with Crippen LogP contribution in [0.5, 0.6) is 0 Å². The summed E-state index contributed by atoms with van der Waals surface area (Å²) in [5, 5.41) is 7.41. The summed E-state index contributed by atoms with van der Waals surface area (Å²) in [4.78, 5) is 14.2. The van der Waals surface area contributed by atoms with Crippen molar-refractivity contribution in [2.24, 2.45) is 5.92 Å². The lowest BCUT2D eigenvalue weighted by molar-refractivity contribution is 0.164. The third-order valence-corrected chi connectivity index (χ3v) is 3.60. The predicted octanol–water partition coefficient (Wildman–Crippen LogP) is 1.26. The van der Waals surface area contributed by atoms with E-state index in [0.717, 1.165) is 18.8 Å². The van der Waals surface area contributed by atoms with Gasteiger partial charge in [-0.2, -0.15) is 5.10 Å². The molecule has 0 fully saturated rings. The van der Waals surface area contributed by atoms with Crippen LogP contribution in [0.3, 0.4) is 0 Å². The van der Waals surface area contributed by atoms with E-state index < -0.39 is 0 Å². The number of halogens is 1. The number of anilines is 1. The SMILES string of the molecule is COCC(C)CNc1cnn(CCN(C)C)c(=O)c1Br. The summed E-state index contributed by atoms with van der Waals surface area (Å²) in [7, 11) is 5.61. The lowest BCUT2D eigenvalue weighted by atomic mass is 10.2. The Morgan fingerprint density at radius 1 is 1.55 bits per heavy atom. The standard InChI is InChI=1S/C13H23BrN4O2/c1-10(9-20-4)7-15-11-8-16-18(6-5-17(2)3)13(19)12(11)14/h8,10,15H,5-7,9H2,1-4H3. The first-order chi connectivity index (χ1) is 9.45. The molecule has 1 unspecified atom stereocenters. The van der Waals surface area contributed by atoms with Crippen molar-refractivity contribution in [2.45, 2.75) is 13.5 Å². The number of rotatable bonds is 8. The highest BCUT2D eigenvalue weighted by Gasteiger charge is 2.10. The maximum atomic E-state index is 12.1. The van der Waals surface area contributed by atoms with Crippen LogP contribution in [0.4, 0.5) is 5.69 Å². The van der Waals surface area contributed by atoms with Gasteiger partial charge in [0, 0.05) is 20.2 Å². The summed E-state index contributed by atoms with van der Waals surface area (Å²) in [6.45, 7) is 4.84. The average Bonchev–Trinajstić information content (AvgIpc) is 2.39. The largest absolute Gasteiger partial charge is 0.384 e. The van der Waals surface area contributed by atoms with E-state index in [1.165, 1.54) is 4.68 Å². The van der Waals surface area contributed by atoms with Crippen molar-refractivity contribution >= 4 is 21.6 Å². The summed E-state index contributed by atoms with van der Waals surface area (Å²) in [6, 6.07) is 0. The molecule has 0 aliphatic carbocycles. The highest BCUT2D eigenvalue weighted by Crippen LogP contribution is 2.16. The van der Waals surface area contributed by atoms with Crippen LogP contribution < -0.4 is 10.9 Å². The van der Waals surface area contributed by atoms with Crippen molar-refractivity contribution in [2.75, 3.05) is 46.2 Å². The second-order valence-corrected chi connectivity index (χ2v) is 5.94. The molecule has 6 nitrogen and oxygen atoms in total. The van der Waals surface area contributed by atoms with E-state index in [1.807, 2.05) is 19.0 Å². The number of nitrogens with one attached hydrogen (secondary N) is 1. The predicted molar refractivity (Wildman–Crippen MR) is 84.3 cm³/mol. The number of methoxy groups -OCH3 is 1. The van der Waals surface area contributed by atoms with Gasteiger partial charge in [-0.05, 0) is 35.9 Å². The minimum atomic E-state index is -0.115. The molecule has 1 aromatic heterocycles. The second kappa shape index (κ2) is 8.39. The highest BCUT2D eigenvalue weighted by atomic mass is 79.9. The van der Waals surface area contributed by atoms with Gasteiger partial charge < -0.3 is 15.0 Å². The van der Waals surface area contributed by atoms with Crippen LogP contribution >= 0.6 is 15.9 Å². The lowest BCUT2D eigenvalue weighted by Gasteiger charge is -2.15. The first-order valence-corrected chi connectivity index (χ1v) is 7.38. The Balaban J connectivity index is 2.71. The summed E-state index contributed by atoms with van der Waals surface area (Å²) in [6.07, 6.45) is 1.68. The Hall–Kier alpha value is -0.920. The monoisotopic (exact) mass is 346 g/mol. The first-order valence-electron chi connectivity index (χ1n) is 6.58. The normalized spacial score (nSPS) is 12.7. The number of aromatic nitrogens is 2. The van der Waals surface area contributed by atoms with E-state index >= 15 is 0 Å². The molecule has 7 heteroatoms. The van der Waals surface area contributed by atoms with Crippen molar-refractivity contribution in [3.8, 4) is 0 Å². The van der Waals surface area contributed by atoms with Gasteiger partial charge in [0.15, 0.2) is 0 Å². The van der Waals surface area contributed by atoms with E-state index in [4.69, 9.17) is 4.74 Å². The van der Waals surface area contributed by atoms with Crippen LogP contribution in [0.1, 0.15) is 6.92 Å². The number of likely N-dealkylation sites (N-methyl/N-ethyl adjacent to an activating group) is 1. The molecule has 0 aromatic carbocycles. The molecule has 1 rings (SSSR count). The summed E-state index contributed by atoms with van der Waals surface area (Å²) in [5.74, 6) is 0.364. The zero-order chi connectivity index (χ0) is 15.1. The summed E-state index contributed by atoms with van der Waals surface area (Å²) in [5.41, 5.74) is 0.607. The molecule has 0 saturated carbocycles. The maximum absolute atomic E-state index is 12.1. The third-order valence-electron chi connectivity index (χ3n) is 2.84. The Morgan fingerprint density at radius 2 is 2.25 bits per heavy atom. The van der Waals surface area contributed by atoms with Gasteiger partial charge in [-0.15, -0.1) is 0 Å². The van der Waals surface area contributed by atoms with Gasteiger partial charge in [-0.1, -0.05) is 6.92 Å². The van der Waals surface area contributed by atoms with E-state index in [2.05, 4.69) is 33.3 Å². The van der Waals surface area contributed by atoms with E-state index in [0.29, 0.717) is 23.5 Å². The molecule has 0 amide bonds. The number of hydrogen-bond donors (Lipinski definition) is 1. The van der Waals surface area contributed by atoms with Crippen LogP contribution in [0.25, 0.3) is 0 Å². The van der Waals surface area contributed by atoms with Crippen LogP contribution in [0.2, 0.25) is 0 Å². The van der Waals surface area contributed by atoms with Gasteiger partial charge in [-0.3, -0.25) is 4.79 Å². The van der Waals surface area contributed by atoms with Crippen LogP contribution in [0, 0.1) is 5.92 Å². The topological polar surface area (TPSA) is 59.4 Å². The van der Waals surface area contributed by atoms with Crippen molar-refractivity contribution in [1.29, 1.82) is 0 Å². The van der Waals surface area contributed by atoms with Crippen LogP contribution in [-0.2, 0) is 11.3 Å². The molecule has 20 heavy (non-hydrogen) atoms. The molecule has 1 atom stereocenters. The third kappa shape index (κ3) is 5.22. The second-order valence-electron chi connectivity index (χ2n) is 5.15. The molecule has 0 radical (unpaired) electrons. The van der Waals surface area contributed by atoms with Gasteiger partial charge in [0.05, 0.1) is 25.0 Å². The fourth-order valence-electron chi connectivity index (χ4n) is 1.67. The van der Waals surface area contributed by atoms with E-state index in [1.54, 1.807) is 13.3 Å². The molecular weight excluding hydrogens is 324 g/mol. The zero-order valence-corrected chi connectivity index (χ0v) is 14.1. The molecule has 0 saturated heterocycles. The zero-order valence-electron chi connectivity index (χ0n) is 12.5. The molecule has 0 spiro atoms. The van der Waals surface area contributed by atoms with Crippen LogP contribution in [0.15, 0.2) is 15.5 Å². The minimum absolute atomic E-state index is 0.115. The van der Waals surface area contributed by atoms with Gasteiger partial charge in [-0.25, -0.2) is 4.68 Å². The Labute approximate surface area is 128 Å². The summed E-state index contributed by atoms with van der Waals surface area (Å²) < 4.78 is 7.07. The van der Waals surface area contributed by atoms with Gasteiger partial charge in [0.25, 0.3) is 5.56 Å². The van der Waals surface area contributed by atoms with Gasteiger partial charge in [0.2, 0.25) is 0 Å². The van der Waals surface area contributed by atoms with Gasteiger partial charge >= 0.3 is 0 Å². The first kappa shape index (κ1) is 17.1. The quantitative estimate of drug-likeness (QED) is 0.767. The number of ether oxygens (including phenoxy) is 1. The molecule has 0 bridgehead atoms. The van der Waals surface area contributed by atoms with Crippen LogP contribution in [-0.4, -0.2) is 55.6 Å². The molecule has 1 aromatic rings. The van der Waals surface area contributed by atoms with Crippen molar-refractivity contribution < 1.29 is 4.74 Å². The lowest BCUT2D eigenvalue weighted by Crippen LogP contribution is -2.29. The fraction of sp³-hybridized carbons (Fsp3) is 0.692. The molecular formula is C13H23BrN4O2. The van der Waals surface area contributed by atoms with E-state index in [9.17, 15) is 4.79 Å².